The van der Waals surface area contributed by atoms with Crippen LogP contribution in [-0.2, 0) is 4.79 Å². The van der Waals surface area contributed by atoms with Crippen LogP contribution in [0.15, 0.2) is 12.7 Å². The monoisotopic (exact) mass is 153 g/mol. The second kappa shape index (κ2) is 3.56. The van der Waals surface area contributed by atoms with Crippen molar-refractivity contribution < 1.29 is 4.79 Å². The predicted molar refractivity (Wildman–Crippen MR) is 45.1 cm³/mol. The third-order valence-electron chi connectivity index (χ3n) is 2.28. The molecule has 0 aromatic rings. The highest BCUT2D eigenvalue weighted by atomic mass is 16.1. The summed E-state index contributed by atoms with van der Waals surface area (Å²) in [4.78, 5) is 10.9. The van der Waals surface area contributed by atoms with E-state index in [2.05, 4.69) is 18.8 Å². The number of rotatable bonds is 2. The normalized spacial score (nSPS) is 31.2. The molecule has 1 rings (SSSR count). The Morgan fingerprint density at radius 2 is 2.55 bits per heavy atom. The SMILES string of the molecule is C=CC[C@H]1NC(=O)CCC1C. The molecule has 1 saturated heterocycles. The quantitative estimate of drug-likeness (QED) is 0.598. The fraction of sp³-hybridized carbons (Fsp3) is 0.667. The minimum atomic E-state index is 0.190. The maximum atomic E-state index is 10.9. The highest BCUT2D eigenvalue weighted by molar-refractivity contribution is 5.77. The molecule has 1 amide bonds. The topological polar surface area (TPSA) is 29.1 Å². The number of nitrogens with one attached hydrogen (secondary N) is 1. The molecule has 62 valence electrons. The minimum absolute atomic E-state index is 0.190. The summed E-state index contributed by atoms with van der Waals surface area (Å²) >= 11 is 0. The van der Waals surface area contributed by atoms with Crippen LogP contribution < -0.4 is 5.32 Å². The zero-order valence-electron chi connectivity index (χ0n) is 6.97. The number of carbonyl (C=O) groups is 1. The van der Waals surface area contributed by atoms with E-state index in [9.17, 15) is 4.79 Å². The van der Waals surface area contributed by atoms with Crippen molar-refractivity contribution in [3.8, 4) is 0 Å². The van der Waals surface area contributed by atoms with Crippen LogP contribution in [0.5, 0.6) is 0 Å². The first-order valence-electron chi connectivity index (χ1n) is 4.14. The lowest BCUT2D eigenvalue weighted by Gasteiger charge is -2.28. The number of hydrogen-bond donors (Lipinski definition) is 1. The van der Waals surface area contributed by atoms with E-state index in [-0.39, 0.29) is 5.91 Å². The van der Waals surface area contributed by atoms with Crippen molar-refractivity contribution in [1.29, 1.82) is 0 Å². The first kappa shape index (κ1) is 8.31. The van der Waals surface area contributed by atoms with E-state index in [1.165, 1.54) is 0 Å². The van der Waals surface area contributed by atoms with Crippen LogP contribution in [0.1, 0.15) is 26.2 Å². The summed E-state index contributed by atoms with van der Waals surface area (Å²) < 4.78 is 0. The van der Waals surface area contributed by atoms with Crippen LogP contribution >= 0.6 is 0 Å². The van der Waals surface area contributed by atoms with Crippen LogP contribution in [0.25, 0.3) is 0 Å². The molecule has 0 aromatic carbocycles. The lowest BCUT2D eigenvalue weighted by Crippen LogP contribution is -2.43. The molecular weight excluding hydrogens is 138 g/mol. The lowest BCUT2D eigenvalue weighted by molar-refractivity contribution is -0.124. The second-order valence-corrected chi connectivity index (χ2v) is 3.21. The van der Waals surface area contributed by atoms with Crippen LogP contribution in [0.3, 0.4) is 0 Å². The van der Waals surface area contributed by atoms with Crippen LogP contribution in [0.2, 0.25) is 0 Å². The Bertz CT molecular complexity index is 165. The van der Waals surface area contributed by atoms with Gasteiger partial charge >= 0.3 is 0 Å². The molecule has 1 N–H and O–H groups in total. The summed E-state index contributed by atoms with van der Waals surface area (Å²) in [6.07, 6.45) is 4.47. The van der Waals surface area contributed by atoms with Gasteiger partial charge in [0.05, 0.1) is 0 Å². The molecule has 0 radical (unpaired) electrons. The van der Waals surface area contributed by atoms with Gasteiger partial charge in [-0.15, -0.1) is 6.58 Å². The smallest absolute Gasteiger partial charge is 0.220 e. The largest absolute Gasteiger partial charge is 0.353 e. The van der Waals surface area contributed by atoms with Gasteiger partial charge in [0.15, 0.2) is 0 Å². The summed E-state index contributed by atoms with van der Waals surface area (Å²) in [6.45, 7) is 5.84. The first-order chi connectivity index (χ1) is 5.24. The molecule has 1 heterocycles. The highest BCUT2D eigenvalue weighted by Gasteiger charge is 2.23. The van der Waals surface area contributed by atoms with E-state index in [1.807, 2.05) is 6.08 Å². The van der Waals surface area contributed by atoms with Crippen molar-refractivity contribution >= 4 is 5.91 Å². The molecule has 1 aliphatic rings. The molecule has 2 atom stereocenters. The van der Waals surface area contributed by atoms with E-state index in [0.717, 1.165) is 12.8 Å². The van der Waals surface area contributed by atoms with Crippen LogP contribution in [0.4, 0.5) is 0 Å². The van der Waals surface area contributed by atoms with Gasteiger partial charge in [-0.2, -0.15) is 0 Å². The lowest BCUT2D eigenvalue weighted by atomic mass is 9.90. The third-order valence-corrected chi connectivity index (χ3v) is 2.28. The van der Waals surface area contributed by atoms with Crippen LogP contribution in [0, 0.1) is 5.92 Å². The minimum Gasteiger partial charge on any atom is -0.353 e. The average Bonchev–Trinajstić information content (AvgIpc) is 1.98. The van der Waals surface area contributed by atoms with Gasteiger partial charge in [-0.25, -0.2) is 0 Å². The fourth-order valence-corrected chi connectivity index (χ4v) is 1.45. The van der Waals surface area contributed by atoms with Crippen molar-refractivity contribution in [3.05, 3.63) is 12.7 Å². The predicted octanol–water partition coefficient (Wildman–Crippen LogP) is 1.48. The average molecular weight is 153 g/mol. The molecular formula is C9H15NO. The number of hydrogen-bond acceptors (Lipinski definition) is 1. The Hall–Kier alpha value is -0.790. The van der Waals surface area contributed by atoms with Crippen LogP contribution in [-0.4, -0.2) is 11.9 Å². The van der Waals surface area contributed by atoms with Crippen molar-refractivity contribution in [3.63, 3.8) is 0 Å². The van der Waals surface area contributed by atoms with Crippen molar-refractivity contribution in [2.45, 2.75) is 32.2 Å². The molecule has 0 spiro atoms. The Morgan fingerprint density at radius 3 is 3.18 bits per heavy atom. The molecule has 2 nitrogen and oxygen atoms in total. The summed E-state index contributed by atoms with van der Waals surface area (Å²) in [7, 11) is 0. The van der Waals surface area contributed by atoms with Gasteiger partial charge in [-0.05, 0) is 18.8 Å². The van der Waals surface area contributed by atoms with E-state index in [1.54, 1.807) is 0 Å². The number of piperidine rings is 1. The Balaban J connectivity index is 2.46. The summed E-state index contributed by atoms with van der Waals surface area (Å²) in [5, 5.41) is 2.96. The summed E-state index contributed by atoms with van der Waals surface area (Å²) in [5.41, 5.74) is 0. The highest BCUT2D eigenvalue weighted by Crippen LogP contribution is 2.18. The van der Waals surface area contributed by atoms with Gasteiger partial charge in [0, 0.05) is 12.5 Å². The molecule has 0 aliphatic carbocycles. The summed E-state index contributed by atoms with van der Waals surface area (Å²) in [6, 6.07) is 0.328. The van der Waals surface area contributed by atoms with Gasteiger partial charge in [-0.3, -0.25) is 4.79 Å². The molecule has 2 heteroatoms. The molecule has 0 bridgehead atoms. The zero-order chi connectivity index (χ0) is 8.27. The molecule has 11 heavy (non-hydrogen) atoms. The molecule has 1 unspecified atom stereocenters. The van der Waals surface area contributed by atoms with Crippen molar-refractivity contribution in [2.75, 3.05) is 0 Å². The van der Waals surface area contributed by atoms with E-state index in [4.69, 9.17) is 0 Å². The van der Waals surface area contributed by atoms with Crippen molar-refractivity contribution in [2.24, 2.45) is 5.92 Å². The molecule has 0 aromatic heterocycles. The molecule has 0 saturated carbocycles. The third kappa shape index (κ3) is 2.07. The second-order valence-electron chi connectivity index (χ2n) is 3.21. The zero-order valence-corrected chi connectivity index (χ0v) is 6.97. The summed E-state index contributed by atoms with van der Waals surface area (Å²) in [5.74, 6) is 0.792. The maximum Gasteiger partial charge on any atom is 0.220 e. The van der Waals surface area contributed by atoms with Gasteiger partial charge in [0.1, 0.15) is 0 Å². The standard InChI is InChI=1S/C9H15NO/c1-3-4-8-7(2)5-6-9(11)10-8/h3,7-8H,1,4-6H2,2H3,(H,10,11)/t7?,8-/m1/s1. The van der Waals surface area contributed by atoms with Gasteiger partial charge < -0.3 is 5.32 Å². The van der Waals surface area contributed by atoms with E-state index < -0.39 is 0 Å². The van der Waals surface area contributed by atoms with E-state index >= 15 is 0 Å². The maximum absolute atomic E-state index is 10.9. The van der Waals surface area contributed by atoms with Gasteiger partial charge in [0.25, 0.3) is 0 Å². The van der Waals surface area contributed by atoms with Gasteiger partial charge in [0.2, 0.25) is 5.91 Å². The Labute approximate surface area is 67.7 Å². The molecule has 1 aliphatic heterocycles. The number of carbonyl (C=O) groups excluding carboxylic acids is 1. The van der Waals surface area contributed by atoms with Crippen molar-refractivity contribution in [1.82, 2.24) is 5.32 Å². The fourth-order valence-electron chi connectivity index (χ4n) is 1.45. The van der Waals surface area contributed by atoms with Gasteiger partial charge in [-0.1, -0.05) is 13.0 Å². The molecule has 1 fully saturated rings. The first-order valence-corrected chi connectivity index (χ1v) is 4.14. The van der Waals surface area contributed by atoms with E-state index in [0.29, 0.717) is 18.4 Å². The Morgan fingerprint density at radius 1 is 1.82 bits per heavy atom. The Kier molecular flexibility index (Phi) is 2.69. The number of amides is 1.